The number of nitrogens with zero attached hydrogens (tertiary/aromatic N) is 2. The van der Waals surface area contributed by atoms with Gasteiger partial charge in [0.15, 0.2) is 0 Å². The van der Waals surface area contributed by atoms with Crippen LogP contribution >= 0.6 is 0 Å². The first-order valence-corrected chi connectivity index (χ1v) is 5.76. The minimum atomic E-state index is -0.339. The summed E-state index contributed by atoms with van der Waals surface area (Å²) in [7, 11) is 1.55. The lowest BCUT2D eigenvalue weighted by Gasteiger charge is -2.13. The lowest BCUT2D eigenvalue weighted by Crippen LogP contribution is -2.31. The molecule has 0 radical (unpaired) electrons. The van der Waals surface area contributed by atoms with Crippen molar-refractivity contribution in [3.63, 3.8) is 0 Å². The van der Waals surface area contributed by atoms with Crippen LogP contribution in [0.3, 0.4) is 0 Å². The molecule has 0 aliphatic carbocycles. The summed E-state index contributed by atoms with van der Waals surface area (Å²) in [6.07, 6.45) is 1.39. The summed E-state index contributed by atoms with van der Waals surface area (Å²) in [6.45, 7) is 1.81. The maximum atomic E-state index is 11.8. The first-order chi connectivity index (χ1) is 9.20. The van der Waals surface area contributed by atoms with E-state index in [0.717, 1.165) is 0 Å². The summed E-state index contributed by atoms with van der Waals surface area (Å²) in [4.78, 5) is 15.8. The molecule has 2 amide bonds. The van der Waals surface area contributed by atoms with Crippen molar-refractivity contribution < 1.29 is 9.53 Å². The van der Waals surface area contributed by atoms with E-state index in [1.54, 1.807) is 19.2 Å². The maximum absolute atomic E-state index is 11.8. The number of amides is 2. The normalized spacial score (nSPS) is 11.7. The van der Waals surface area contributed by atoms with Crippen LogP contribution in [0.1, 0.15) is 18.8 Å². The Morgan fingerprint density at radius 1 is 1.42 bits per heavy atom. The lowest BCUT2D eigenvalue weighted by atomic mass is 10.3. The Bertz CT molecular complexity index is 541. The molecule has 0 spiro atoms. The van der Waals surface area contributed by atoms with Crippen LogP contribution in [0.25, 0.3) is 0 Å². The van der Waals surface area contributed by atoms with Crippen molar-refractivity contribution in [2.75, 3.05) is 12.4 Å². The molecule has 3 N–H and O–H groups in total. The van der Waals surface area contributed by atoms with Crippen molar-refractivity contribution >= 4 is 11.7 Å². The first kappa shape index (κ1) is 12.9. The number of aromatic amines is 1. The first-order valence-electron chi connectivity index (χ1n) is 5.76. The molecule has 1 aromatic heterocycles. The Morgan fingerprint density at radius 2 is 2.21 bits per heavy atom. The predicted octanol–water partition coefficient (Wildman–Crippen LogP) is 1.70. The number of methoxy groups -OCH3 is 1. The van der Waals surface area contributed by atoms with Crippen molar-refractivity contribution in [1.82, 2.24) is 20.5 Å². The average Bonchev–Trinajstić information content (AvgIpc) is 2.93. The average molecular weight is 261 g/mol. The van der Waals surface area contributed by atoms with E-state index in [1.807, 2.05) is 19.1 Å². The van der Waals surface area contributed by atoms with Crippen LogP contribution in [0.15, 0.2) is 30.6 Å². The molecule has 0 unspecified atom stereocenters. The molecule has 0 saturated carbocycles. The standard InChI is InChI=1S/C12H15N5O2/c1-8(11-13-7-14-17-11)15-12(18)16-9-5-3-4-6-10(9)19-2/h3-8H,1-2H3,(H,13,14,17)(H2,15,16,18)/t8-/m1/s1. The molecule has 0 aliphatic heterocycles. The second kappa shape index (κ2) is 5.85. The number of hydrogen-bond acceptors (Lipinski definition) is 4. The van der Waals surface area contributed by atoms with Crippen LogP contribution < -0.4 is 15.4 Å². The zero-order valence-corrected chi connectivity index (χ0v) is 10.7. The zero-order chi connectivity index (χ0) is 13.7. The minimum Gasteiger partial charge on any atom is -0.495 e. The van der Waals surface area contributed by atoms with Crippen LogP contribution in [-0.2, 0) is 0 Å². The van der Waals surface area contributed by atoms with E-state index >= 15 is 0 Å². The van der Waals surface area contributed by atoms with Crippen molar-refractivity contribution in [2.24, 2.45) is 0 Å². The van der Waals surface area contributed by atoms with Gasteiger partial charge in [-0.25, -0.2) is 9.78 Å². The fraction of sp³-hybridized carbons (Fsp3) is 0.250. The smallest absolute Gasteiger partial charge is 0.319 e. The van der Waals surface area contributed by atoms with Crippen molar-refractivity contribution in [1.29, 1.82) is 0 Å². The number of para-hydroxylation sites is 2. The molecule has 2 aromatic rings. The third kappa shape index (κ3) is 3.21. The number of carbonyl (C=O) groups is 1. The third-order valence-electron chi connectivity index (χ3n) is 2.55. The van der Waals surface area contributed by atoms with Gasteiger partial charge >= 0.3 is 6.03 Å². The molecule has 0 aliphatic rings. The molecule has 7 heteroatoms. The molecule has 1 heterocycles. The summed E-state index contributed by atoms with van der Waals surface area (Å²) in [5.74, 6) is 1.19. The highest BCUT2D eigenvalue weighted by Crippen LogP contribution is 2.22. The van der Waals surface area contributed by atoms with Crippen LogP contribution in [0.2, 0.25) is 0 Å². The number of urea groups is 1. The van der Waals surface area contributed by atoms with Gasteiger partial charge < -0.3 is 15.4 Å². The van der Waals surface area contributed by atoms with E-state index in [9.17, 15) is 4.79 Å². The largest absolute Gasteiger partial charge is 0.495 e. The summed E-state index contributed by atoms with van der Waals surface area (Å²) in [5.41, 5.74) is 0.604. The van der Waals surface area contributed by atoms with Gasteiger partial charge in [0.2, 0.25) is 0 Å². The van der Waals surface area contributed by atoms with Gasteiger partial charge in [0, 0.05) is 0 Å². The number of rotatable bonds is 4. The predicted molar refractivity (Wildman–Crippen MR) is 69.9 cm³/mol. The van der Waals surface area contributed by atoms with E-state index in [-0.39, 0.29) is 12.1 Å². The van der Waals surface area contributed by atoms with E-state index in [2.05, 4.69) is 25.8 Å². The Kier molecular flexibility index (Phi) is 3.97. The number of nitrogens with one attached hydrogen (secondary N) is 3. The van der Waals surface area contributed by atoms with E-state index in [4.69, 9.17) is 4.74 Å². The highest BCUT2D eigenvalue weighted by molar-refractivity contribution is 5.91. The molecular weight excluding hydrogens is 246 g/mol. The van der Waals surface area contributed by atoms with Crippen LogP contribution in [-0.4, -0.2) is 28.3 Å². The van der Waals surface area contributed by atoms with Gasteiger partial charge in [-0.3, -0.25) is 5.10 Å². The van der Waals surface area contributed by atoms with Gasteiger partial charge in [-0.2, -0.15) is 5.10 Å². The zero-order valence-electron chi connectivity index (χ0n) is 10.7. The Hall–Kier alpha value is -2.57. The highest BCUT2D eigenvalue weighted by Gasteiger charge is 2.13. The van der Waals surface area contributed by atoms with Crippen LogP contribution in [0, 0.1) is 0 Å². The number of benzene rings is 1. The van der Waals surface area contributed by atoms with Gasteiger partial charge in [-0.15, -0.1) is 0 Å². The number of H-pyrrole nitrogens is 1. The van der Waals surface area contributed by atoms with E-state index in [0.29, 0.717) is 17.3 Å². The van der Waals surface area contributed by atoms with Crippen molar-refractivity contribution in [3.05, 3.63) is 36.4 Å². The molecule has 0 bridgehead atoms. The molecule has 19 heavy (non-hydrogen) atoms. The SMILES string of the molecule is COc1ccccc1NC(=O)N[C@H](C)c1ncn[nH]1. The molecule has 1 aromatic carbocycles. The maximum Gasteiger partial charge on any atom is 0.319 e. The van der Waals surface area contributed by atoms with E-state index < -0.39 is 0 Å². The van der Waals surface area contributed by atoms with Gasteiger partial charge in [0.05, 0.1) is 18.8 Å². The van der Waals surface area contributed by atoms with Gasteiger partial charge in [-0.05, 0) is 19.1 Å². The Morgan fingerprint density at radius 3 is 2.89 bits per heavy atom. The summed E-state index contributed by atoms with van der Waals surface area (Å²) >= 11 is 0. The second-order valence-electron chi connectivity index (χ2n) is 3.89. The second-order valence-corrected chi connectivity index (χ2v) is 3.89. The molecular formula is C12H15N5O2. The summed E-state index contributed by atoms with van der Waals surface area (Å²) in [6, 6.07) is 6.58. The topological polar surface area (TPSA) is 91.9 Å². The number of ether oxygens (including phenoxy) is 1. The van der Waals surface area contributed by atoms with Gasteiger partial charge in [0.25, 0.3) is 0 Å². The monoisotopic (exact) mass is 261 g/mol. The molecule has 1 atom stereocenters. The van der Waals surface area contributed by atoms with Crippen molar-refractivity contribution in [3.8, 4) is 5.75 Å². The molecule has 100 valence electrons. The summed E-state index contributed by atoms with van der Waals surface area (Å²) in [5, 5.41) is 11.9. The third-order valence-corrected chi connectivity index (χ3v) is 2.55. The molecule has 2 rings (SSSR count). The Labute approximate surface area is 110 Å². The van der Waals surface area contributed by atoms with Gasteiger partial charge in [-0.1, -0.05) is 12.1 Å². The fourth-order valence-electron chi connectivity index (χ4n) is 1.59. The number of hydrogen-bond donors (Lipinski definition) is 3. The Balaban J connectivity index is 1.98. The number of carbonyl (C=O) groups excluding carboxylic acids is 1. The van der Waals surface area contributed by atoms with Crippen LogP contribution in [0.4, 0.5) is 10.5 Å². The molecule has 0 fully saturated rings. The molecule has 0 saturated heterocycles. The van der Waals surface area contributed by atoms with Crippen molar-refractivity contribution in [2.45, 2.75) is 13.0 Å². The highest BCUT2D eigenvalue weighted by atomic mass is 16.5. The lowest BCUT2D eigenvalue weighted by molar-refractivity contribution is 0.249. The van der Waals surface area contributed by atoms with Gasteiger partial charge in [0.1, 0.15) is 17.9 Å². The quantitative estimate of drug-likeness (QED) is 0.781. The summed E-state index contributed by atoms with van der Waals surface area (Å²) < 4.78 is 5.15. The fourth-order valence-corrected chi connectivity index (χ4v) is 1.59. The van der Waals surface area contributed by atoms with E-state index in [1.165, 1.54) is 6.33 Å². The number of anilines is 1. The minimum absolute atomic E-state index is 0.266. The van der Waals surface area contributed by atoms with Crippen LogP contribution in [0.5, 0.6) is 5.75 Å². The molecule has 7 nitrogen and oxygen atoms in total. The number of aromatic nitrogens is 3.